The topological polar surface area (TPSA) is 12.0 Å². The van der Waals surface area contributed by atoms with E-state index < -0.39 is 0 Å². The highest BCUT2D eigenvalue weighted by Crippen LogP contribution is 2.01. The number of allylic oxidation sites excluding steroid dienone is 6. The number of nitrogens with one attached hydrogen (secondary N) is 1. The van der Waals surface area contributed by atoms with E-state index in [-0.39, 0.29) is 0 Å². The molecule has 0 aliphatic heterocycles. The first kappa shape index (κ1) is 12.8. The fourth-order valence-electron chi connectivity index (χ4n) is 1.02. The van der Waals surface area contributed by atoms with Crippen LogP contribution in [0.15, 0.2) is 48.2 Å². The van der Waals surface area contributed by atoms with Crippen LogP contribution in [0.5, 0.6) is 0 Å². The molecule has 0 amide bonds. The van der Waals surface area contributed by atoms with Crippen LogP contribution in [-0.2, 0) is 0 Å². The summed E-state index contributed by atoms with van der Waals surface area (Å²) in [6, 6.07) is 0. The zero-order valence-electron chi connectivity index (χ0n) is 9.51. The number of hydrogen-bond acceptors (Lipinski definition) is 1. The molecule has 0 fully saturated rings. The molecule has 1 heteroatoms. The second-order valence-electron chi connectivity index (χ2n) is 3.15. The van der Waals surface area contributed by atoms with E-state index >= 15 is 0 Å². The monoisotopic (exact) mass is 191 g/mol. The maximum Gasteiger partial charge on any atom is 0.0361 e. The number of likely N-dealkylation sites (N-methyl/N-ethyl adjacent to an activating group) is 1. The molecule has 0 aromatic rings. The summed E-state index contributed by atoms with van der Waals surface area (Å²) >= 11 is 0. The molecule has 1 N–H and O–H groups in total. The van der Waals surface area contributed by atoms with Crippen molar-refractivity contribution in [2.24, 2.45) is 0 Å². The highest BCUT2D eigenvalue weighted by molar-refractivity contribution is 5.28. The molecule has 0 aromatic carbocycles. The van der Waals surface area contributed by atoms with Gasteiger partial charge in [-0.25, -0.2) is 0 Å². The Labute approximate surface area is 87.9 Å². The van der Waals surface area contributed by atoms with Crippen LogP contribution in [0.4, 0.5) is 0 Å². The third-order valence-corrected chi connectivity index (χ3v) is 1.80. The maximum absolute atomic E-state index is 3.88. The second kappa shape index (κ2) is 8.36. The normalized spacial score (nSPS) is 12.6. The Bertz CT molecular complexity index is 244. The first-order chi connectivity index (χ1) is 6.72. The first-order valence-electron chi connectivity index (χ1n) is 5.07. The molecule has 0 rings (SSSR count). The molecule has 0 bridgehead atoms. The smallest absolute Gasteiger partial charge is 0.0361 e. The van der Waals surface area contributed by atoms with E-state index in [2.05, 4.69) is 43.1 Å². The zero-order chi connectivity index (χ0) is 10.8. The summed E-state index contributed by atoms with van der Waals surface area (Å²) in [5.41, 5.74) is 2.14. The lowest BCUT2D eigenvalue weighted by atomic mass is 10.2. The summed E-state index contributed by atoms with van der Waals surface area (Å²) in [6.07, 6.45) is 12.7. The molecule has 1 nitrogen and oxygen atoms in total. The highest BCUT2D eigenvalue weighted by Gasteiger charge is 1.89. The van der Waals surface area contributed by atoms with Crippen LogP contribution in [0.1, 0.15) is 26.7 Å². The lowest BCUT2D eigenvalue weighted by Gasteiger charge is -2.02. The molecule has 0 aliphatic carbocycles. The van der Waals surface area contributed by atoms with E-state index in [1.165, 1.54) is 0 Å². The largest absolute Gasteiger partial charge is 0.388 e. The average molecular weight is 191 g/mol. The molecular formula is C13H21N. The molecule has 0 saturated heterocycles. The predicted molar refractivity (Wildman–Crippen MR) is 65.1 cm³/mol. The summed E-state index contributed by atoms with van der Waals surface area (Å²) in [5, 5.41) is 3.10. The van der Waals surface area contributed by atoms with Gasteiger partial charge in [-0.3, -0.25) is 0 Å². The average Bonchev–Trinajstić information content (AvgIpc) is 2.16. The van der Waals surface area contributed by atoms with Crippen LogP contribution in [-0.4, -0.2) is 7.05 Å². The standard InChI is InChI=1S/C13H21N/c1-5-6-7-8-9-10-11-13(14-4)12(2)3/h6-7,9-11,14H,2,5,8H2,1,3-4H3/b7-6-,10-9?,13-11-. The third-order valence-electron chi connectivity index (χ3n) is 1.80. The quantitative estimate of drug-likeness (QED) is 0.500. The van der Waals surface area contributed by atoms with Gasteiger partial charge in [-0.15, -0.1) is 0 Å². The van der Waals surface area contributed by atoms with Gasteiger partial charge in [0, 0.05) is 12.7 Å². The van der Waals surface area contributed by atoms with Crippen molar-refractivity contribution in [2.75, 3.05) is 7.05 Å². The Morgan fingerprint density at radius 2 is 2.00 bits per heavy atom. The maximum atomic E-state index is 3.88. The van der Waals surface area contributed by atoms with Crippen molar-refractivity contribution >= 4 is 0 Å². The van der Waals surface area contributed by atoms with Crippen molar-refractivity contribution in [3.63, 3.8) is 0 Å². The molecule has 0 saturated carbocycles. The van der Waals surface area contributed by atoms with Crippen LogP contribution in [0, 0.1) is 0 Å². The second-order valence-corrected chi connectivity index (χ2v) is 3.15. The minimum Gasteiger partial charge on any atom is -0.388 e. The molecule has 14 heavy (non-hydrogen) atoms. The van der Waals surface area contributed by atoms with Crippen LogP contribution in [0.25, 0.3) is 0 Å². The van der Waals surface area contributed by atoms with Gasteiger partial charge in [-0.1, -0.05) is 37.8 Å². The lowest BCUT2D eigenvalue weighted by molar-refractivity contribution is 1.00. The summed E-state index contributed by atoms with van der Waals surface area (Å²) in [7, 11) is 1.91. The fourth-order valence-corrected chi connectivity index (χ4v) is 1.02. The van der Waals surface area contributed by atoms with Crippen molar-refractivity contribution in [3.05, 3.63) is 48.2 Å². The first-order valence-corrected chi connectivity index (χ1v) is 5.07. The van der Waals surface area contributed by atoms with Crippen molar-refractivity contribution < 1.29 is 0 Å². The number of hydrogen-bond donors (Lipinski definition) is 1. The minimum atomic E-state index is 0.998. The Balaban J connectivity index is 3.99. The van der Waals surface area contributed by atoms with E-state index in [0.717, 1.165) is 24.1 Å². The molecule has 0 radical (unpaired) electrons. The predicted octanol–water partition coefficient (Wildman–Crippen LogP) is 3.58. The van der Waals surface area contributed by atoms with E-state index in [1.807, 2.05) is 20.0 Å². The molecule has 78 valence electrons. The van der Waals surface area contributed by atoms with Crippen molar-refractivity contribution in [2.45, 2.75) is 26.7 Å². The van der Waals surface area contributed by atoms with E-state index in [4.69, 9.17) is 0 Å². The summed E-state index contributed by atoms with van der Waals surface area (Å²) < 4.78 is 0. The van der Waals surface area contributed by atoms with Gasteiger partial charge in [-0.2, -0.15) is 0 Å². The van der Waals surface area contributed by atoms with Gasteiger partial charge < -0.3 is 5.32 Å². The molecule has 0 heterocycles. The van der Waals surface area contributed by atoms with Crippen LogP contribution in [0.2, 0.25) is 0 Å². The molecule has 0 aromatic heterocycles. The minimum absolute atomic E-state index is 0.998. The fraction of sp³-hybridized carbons (Fsp3) is 0.385. The van der Waals surface area contributed by atoms with Crippen LogP contribution >= 0.6 is 0 Å². The van der Waals surface area contributed by atoms with E-state index in [9.17, 15) is 0 Å². The lowest BCUT2D eigenvalue weighted by Crippen LogP contribution is -2.05. The molecule has 0 aliphatic rings. The van der Waals surface area contributed by atoms with E-state index in [0.29, 0.717) is 0 Å². The van der Waals surface area contributed by atoms with Gasteiger partial charge in [-0.05, 0) is 31.4 Å². The Morgan fingerprint density at radius 3 is 2.50 bits per heavy atom. The van der Waals surface area contributed by atoms with Gasteiger partial charge in [0.05, 0.1) is 0 Å². The molecule has 0 atom stereocenters. The molecular weight excluding hydrogens is 170 g/mol. The van der Waals surface area contributed by atoms with E-state index in [1.54, 1.807) is 0 Å². The SMILES string of the molecule is C=C(C)/C(=C/C=CC/C=C\CC)NC. The number of rotatable bonds is 6. The Hall–Kier alpha value is -1.24. The van der Waals surface area contributed by atoms with Gasteiger partial charge >= 0.3 is 0 Å². The summed E-state index contributed by atoms with van der Waals surface area (Å²) in [4.78, 5) is 0. The van der Waals surface area contributed by atoms with Crippen LogP contribution in [0.3, 0.4) is 0 Å². The van der Waals surface area contributed by atoms with Crippen molar-refractivity contribution in [1.29, 1.82) is 0 Å². The van der Waals surface area contributed by atoms with Crippen molar-refractivity contribution in [1.82, 2.24) is 5.32 Å². The zero-order valence-corrected chi connectivity index (χ0v) is 9.51. The Morgan fingerprint density at radius 1 is 1.29 bits per heavy atom. The van der Waals surface area contributed by atoms with Gasteiger partial charge in [0.2, 0.25) is 0 Å². The Kier molecular flexibility index (Phi) is 7.62. The molecule has 0 spiro atoms. The molecule has 0 unspecified atom stereocenters. The van der Waals surface area contributed by atoms with Gasteiger partial charge in [0.1, 0.15) is 0 Å². The summed E-state index contributed by atoms with van der Waals surface area (Å²) in [6.45, 7) is 8.01. The highest BCUT2D eigenvalue weighted by atomic mass is 14.8. The van der Waals surface area contributed by atoms with Gasteiger partial charge in [0.15, 0.2) is 0 Å². The van der Waals surface area contributed by atoms with Crippen LogP contribution < -0.4 is 5.32 Å². The third kappa shape index (κ3) is 6.30. The van der Waals surface area contributed by atoms with Gasteiger partial charge in [0.25, 0.3) is 0 Å². The summed E-state index contributed by atoms with van der Waals surface area (Å²) in [5.74, 6) is 0. The van der Waals surface area contributed by atoms with Crippen molar-refractivity contribution in [3.8, 4) is 0 Å².